The molecule has 0 fully saturated rings. The molecule has 2 rings (SSSR count). The Morgan fingerprint density at radius 1 is 1.20 bits per heavy atom. The van der Waals surface area contributed by atoms with E-state index in [2.05, 4.69) is 15.5 Å². The van der Waals surface area contributed by atoms with Gasteiger partial charge in [0.1, 0.15) is 11.9 Å². The van der Waals surface area contributed by atoms with Gasteiger partial charge in [-0.3, -0.25) is 0 Å². The lowest BCUT2D eigenvalue weighted by molar-refractivity contribution is -0.137. The van der Waals surface area contributed by atoms with Crippen molar-refractivity contribution < 1.29 is 9.90 Å². The van der Waals surface area contributed by atoms with Crippen LogP contribution in [0.5, 0.6) is 0 Å². The van der Waals surface area contributed by atoms with Gasteiger partial charge in [-0.25, -0.2) is 4.79 Å². The minimum absolute atomic E-state index is 0.468. The number of carbonyl (C=O) groups is 1. The molecule has 0 aliphatic rings. The van der Waals surface area contributed by atoms with Crippen LogP contribution >= 0.6 is 0 Å². The number of anilines is 1. The van der Waals surface area contributed by atoms with Gasteiger partial charge < -0.3 is 10.4 Å². The maximum atomic E-state index is 10.9. The summed E-state index contributed by atoms with van der Waals surface area (Å²) in [5.41, 5.74) is 2.94. The summed E-state index contributed by atoms with van der Waals surface area (Å²) >= 11 is 0. The number of aryl methyl sites for hydroxylation is 1. The van der Waals surface area contributed by atoms with E-state index in [0.29, 0.717) is 12.2 Å². The number of aliphatic carboxylic acids is 1. The smallest absolute Gasteiger partial charge is 0.326 e. The predicted octanol–water partition coefficient (Wildman–Crippen LogP) is 2.73. The quantitative estimate of drug-likeness (QED) is 0.874. The van der Waals surface area contributed by atoms with Crippen molar-refractivity contribution in [2.75, 3.05) is 5.32 Å². The van der Waals surface area contributed by atoms with Crippen LogP contribution in [-0.4, -0.2) is 27.3 Å². The summed E-state index contributed by atoms with van der Waals surface area (Å²) in [4.78, 5) is 10.9. The van der Waals surface area contributed by atoms with E-state index in [4.69, 9.17) is 5.11 Å². The van der Waals surface area contributed by atoms with E-state index >= 15 is 0 Å². The van der Waals surface area contributed by atoms with Crippen LogP contribution in [0.15, 0.2) is 36.4 Å². The highest BCUT2D eigenvalue weighted by atomic mass is 16.4. The van der Waals surface area contributed by atoms with Crippen LogP contribution in [-0.2, 0) is 4.79 Å². The summed E-state index contributed by atoms with van der Waals surface area (Å²) in [7, 11) is 0. The molecule has 1 unspecified atom stereocenters. The fraction of sp³-hybridized carbons (Fsp3) is 0.267. The Morgan fingerprint density at radius 2 is 1.90 bits per heavy atom. The van der Waals surface area contributed by atoms with Crippen molar-refractivity contribution in [2.45, 2.75) is 26.3 Å². The largest absolute Gasteiger partial charge is 0.480 e. The molecule has 1 aromatic heterocycles. The Balaban J connectivity index is 2.13. The molecule has 0 amide bonds. The zero-order chi connectivity index (χ0) is 14.5. The first kappa shape index (κ1) is 14.0. The van der Waals surface area contributed by atoms with Crippen LogP contribution in [0.1, 0.15) is 18.9 Å². The van der Waals surface area contributed by atoms with Crippen molar-refractivity contribution in [1.82, 2.24) is 10.2 Å². The average molecular weight is 271 g/mol. The molecule has 0 saturated carbocycles. The number of nitrogens with one attached hydrogen (secondary N) is 1. The molecule has 1 atom stereocenters. The molecular weight excluding hydrogens is 254 g/mol. The maximum absolute atomic E-state index is 10.9. The number of carboxylic acid groups (broad SMARTS) is 1. The molecule has 0 aliphatic carbocycles. The van der Waals surface area contributed by atoms with Gasteiger partial charge in [0.25, 0.3) is 0 Å². The second-order valence-corrected chi connectivity index (χ2v) is 4.61. The molecule has 0 aliphatic heterocycles. The van der Waals surface area contributed by atoms with Gasteiger partial charge in [-0.15, -0.1) is 10.2 Å². The SMILES string of the molecule is CCC(Nc1ccc(-c2ccc(C)cc2)nn1)C(=O)O. The number of nitrogens with zero attached hydrogens (tertiary/aromatic N) is 2. The van der Waals surface area contributed by atoms with Crippen molar-refractivity contribution in [1.29, 1.82) is 0 Å². The highest BCUT2D eigenvalue weighted by Gasteiger charge is 2.15. The number of aromatic nitrogens is 2. The fourth-order valence-corrected chi connectivity index (χ4v) is 1.80. The molecule has 1 aromatic carbocycles. The second-order valence-electron chi connectivity index (χ2n) is 4.61. The van der Waals surface area contributed by atoms with Crippen molar-refractivity contribution in [3.63, 3.8) is 0 Å². The van der Waals surface area contributed by atoms with Crippen LogP contribution in [0.25, 0.3) is 11.3 Å². The van der Waals surface area contributed by atoms with E-state index in [1.165, 1.54) is 5.56 Å². The zero-order valence-corrected chi connectivity index (χ0v) is 11.5. The van der Waals surface area contributed by atoms with Crippen molar-refractivity contribution in [3.05, 3.63) is 42.0 Å². The number of carboxylic acids is 1. The third kappa shape index (κ3) is 3.32. The minimum atomic E-state index is -0.892. The standard InChI is InChI=1S/C15H17N3O2/c1-3-12(15(19)20)16-14-9-8-13(17-18-14)11-6-4-10(2)5-7-11/h4-9,12H,3H2,1-2H3,(H,16,18)(H,19,20). The number of hydrogen-bond donors (Lipinski definition) is 2. The van der Waals surface area contributed by atoms with Gasteiger partial charge in [0.05, 0.1) is 5.69 Å². The zero-order valence-electron chi connectivity index (χ0n) is 11.5. The molecule has 2 aromatic rings. The van der Waals surface area contributed by atoms with Gasteiger partial charge in [0, 0.05) is 5.56 Å². The second kappa shape index (κ2) is 6.14. The van der Waals surface area contributed by atoms with Crippen LogP contribution in [0.2, 0.25) is 0 Å². The molecule has 0 radical (unpaired) electrons. The summed E-state index contributed by atoms with van der Waals surface area (Å²) in [5, 5.41) is 20.0. The fourth-order valence-electron chi connectivity index (χ4n) is 1.80. The lowest BCUT2D eigenvalue weighted by Gasteiger charge is -2.12. The van der Waals surface area contributed by atoms with E-state index < -0.39 is 12.0 Å². The number of benzene rings is 1. The summed E-state index contributed by atoms with van der Waals surface area (Å²) in [6.07, 6.45) is 0.483. The molecular formula is C15H17N3O2. The van der Waals surface area contributed by atoms with E-state index in [0.717, 1.165) is 11.3 Å². The Kier molecular flexibility index (Phi) is 4.30. The highest BCUT2D eigenvalue weighted by Crippen LogP contribution is 2.18. The van der Waals surface area contributed by atoms with Gasteiger partial charge >= 0.3 is 5.97 Å². The summed E-state index contributed by atoms with van der Waals surface area (Å²) in [5.74, 6) is -0.424. The lowest BCUT2D eigenvalue weighted by atomic mass is 10.1. The topological polar surface area (TPSA) is 75.1 Å². The Morgan fingerprint density at radius 3 is 2.40 bits per heavy atom. The first-order valence-corrected chi connectivity index (χ1v) is 6.50. The number of rotatable bonds is 5. The molecule has 2 N–H and O–H groups in total. The van der Waals surface area contributed by atoms with Crippen LogP contribution in [0.4, 0.5) is 5.82 Å². The summed E-state index contributed by atoms with van der Waals surface area (Å²) < 4.78 is 0. The van der Waals surface area contributed by atoms with Gasteiger partial charge in [0.2, 0.25) is 0 Å². The van der Waals surface area contributed by atoms with Gasteiger partial charge in [-0.1, -0.05) is 36.8 Å². The molecule has 5 nitrogen and oxygen atoms in total. The molecule has 0 spiro atoms. The molecule has 0 saturated heterocycles. The Bertz CT molecular complexity index is 579. The summed E-state index contributed by atoms with van der Waals surface area (Å²) in [6, 6.07) is 10.9. The molecule has 104 valence electrons. The predicted molar refractivity (Wildman–Crippen MR) is 77.5 cm³/mol. The van der Waals surface area contributed by atoms with Crippen LogP contribution < -0.4 is 5.32 Å². The average Bonchev–Trinajstić information content (AvgIpc) is 2.46. The lowest BCUT2D eigenvalue weighted by Crippen LogP contribution is -2.28. The van der Waals surface area contributed by atoms with Crippen molar-refractivity contribution in [3.8, 4) is 11.3 Å². The third-order valence-electron chi connectivity index (χ3n) is 3.04. The van der Waals surface area contributed by atoms with Gasteiger partial charge in [0.15, 0.2) is 0 Å². The molecule has 1 heterocycles. The minimum Gasteiger partial charge on any atom is -0.480 e. The van der Waals surface area contributed by atoms with E-state index in [1.54, 1.807) is 13.0 Å². The number of hydrogen-bond acceptors (Lipinski definition) is 4. The van der Waals surface area contributed by atoms with Crippen LogP contribution in [0.3, 0.4) is 0 Å². The first-order chi connectivity index (χ1) is 9.60. The van der Waals surface area contributed by atoms with Gasteiger partial charge in [-0.05, 0) is 25.5 Å². The molecule has 20 heavy (non-hydrogen) atoms. The van der Waals surface area contributed by atoms with Gasteiger partial charge in [-0.2, -0.15) is 0 Å². The van der Waals surface area contributed by atoms with Crippen LogP contribution in [0, 0.1) is 6.92 Å². The van der Waals surface area contributed by atoms with E-state index in [-0.39, 0.29) is 0 Å². The van der Waals surface area contributed by atoms with E-state index in [1.807, 2.05) is 37.3 Å². The summed E-state index contributed by atoms with van der Waals surface area (Å²) in [6.45, 7) is 3.83. The highest BCUT2D eigenvalue weighted by molar-refractivity contribution is 5.76. The normalized spacial score (nSPS) is 11.9. The third-order valence-corrected chi connectivity index (χ3v) is 3.04. The molecule has 5 heteroatoms. The van der Waals surface area contributed by atoms with Crippen molar-refractivity contribution in [2.24, 2.45) is 0 Å². The maximum Gasteiger partial charge on any atom is 0.326 e. The Labute approximate surface area is 117 Å². The monoisotopic (exact) mass is 271 g/mol. The molecule has 0 bridgehead atoms. The Hall–Kier alpha value is -2.43. The van der Waals surface area contributed by atoms with E-state index in [9.17, 15) is 4.79 Å². The first-order valence-electron chi connectivity index (χ1n) is 6.50. The van der Waals surface area contributed by atoms with Crippen molar-refractivity contribution >= 4 is 11.8 Å².